The molecule has 1 aliphatic rings. The Hall–Kier alpha value is -3.32. The van der Waals surface area contributed by atoms with Crippen LogP contribution in [0.25, 0.3) is 22.3 Å². The van der Waals surface area contributed by atoms with Crippen molar-refractivity contribution in [2.45, 2.75) is 38.6 Å². The van der Waals surface area contributed by atoms with Crippen LogP contribution < -0.4 is 9.04 Å². The van der Waals surface area contributed by atoms with Gasteiger partial charge in [0.15, 0.2) is 0 Å². The summed E-state index contributed by atoms with van der Waals surface area (Å²) in [4.78, 5) is 0. The van der Waals surface area contributed by atoms with E-state index in [2.05, 4.69) is 13.0 Å². The van der Waals surface area contributed by atoms with Gasteiger partial charge in [0.1, 0.15) is 22.9 Å². The molecule has 0 amide bonds. The molecule has 1 aliphatic carbocycles. The fraction of sp³-hybridized carbons (Fsp3) is 0.286. The third kappa shape index (κ3) is 4.65. The van der Waals surface area contributed by atoms with E-state index in [1.165, 1.54) is 22.7 Å². The van der Waals surface area contributed by atoms with Crippen LogP contribution in [-0.2, 0) is 23.0 Å². The lowest BCUT2D eigenvalue weighted by atomic mass is 9.99. The molecule has 4 aromatic rings. The van der Waals surface area contributed by atoms with E-state index in [1.807, 2.05) is 30.3 Å². The van der Waals surface area contributed by atoms with E-state index in [0.717, 1.165) is 52.7 Å². The van der Waals surface area contributed by atoms with Crippen molar-refractivity contribution in [3.8, 4) is 17.1 Å². The van der Waals surface area contributed by atoms with E-state index < -0.39 is 10.0 Å². The average Bonchev–Trinajstić information content (AvgIpc) is 3.62. The Labute approximate surface area is 205 Å². The normalized spacial score (nSPS) is 13.8. The first-order valence-corrected chi connectivity index (χ1v) is 13.6. The topological polar surface area (TPSA) is 59.8 Å². The van der Waals surface area contributed by atoms with Crippen LogP contribution in [0.4, 0.5) is 10.1 Å². The number of ether oxygens (including phenoxy) is 1. The minimum atomic E-state index is -3.58. The first-order valence-electron chi connectivity index (χ1n) is 11.7. The number of hydrogen-bond donors (Lipinski definition) is 0. The van der Waals surface area contributed by atoms with Crippen LogP contribution in [0.2, 0.25) is 0 Å². The molecule has 1 heterocycles. The van der Waals surface area contributed by atoms with Gasteiger partial charge in [0.2, 0.25) is 10.0 Å². The highest BCUT2D eigenvalue weighted by Gasteiger charge is 2.32. The number of fused-ring (bicyclic) bond motifs is 1. The van der Waals surface area contributed by atoms with Gasteiger partial charge in [-0.3, -0.25) is 4.31 Å². The number of anilines is 1. The van der Waals surface area contributed by atoms with Crippen molar-refractivity contribution in [1.29, 1.82) is 0 Å². The molecule has 0 unspecified atom stereocenters. The van der Waals surface area contributed by atoms with Gasteiger partial charge in [0, 0.05) is 22.6 Å². The summed E-state index contributed by atoms with van der Waals surface area (Å²) < 4.78 is 52.5. The lowest BCUT2D eigenvalue weighted by molar-refractivity contribution is 0.414. The zero-order chi connectivity index (χ0) is 24.7. The molecule has 0 N–H and O–H groups in total. The number of sulfonamides is 1. The van der Waals surface area contributed by atoms with Gasteiger partial charge in [0.05, 0.1) is 25.6 Å². The van der Waals surface area contributed by atoms with Crippen LogP contribution in [0, 0.1) is 5.82 Å². The van der Waals surface area contributed by atoms with Crippen LogP contribution in [0.15, 0.2) is 65.1 Å². The van der Waals surface area contributed by atoms with Gasteiger partial charge >= 0.3 is 0 Å². The number of furan rings is 1. The van der Waals surface area contributed by atoms with Crippen molar-refractivity contribution >= 4 is 26.7 Å². The van der Waals surface area contributed by atoms with Crippen LogP contribution in [0.5, 0.6) is 5.75 Å². The minimum absolute atomic E-state index is 0.209. The van der Waals surface area contributed by atoms with E-state index >= 15 is 0 Å². The Morgan fingerprint density at radius 3 is 2.31 bits per heavy atom. The average molecular weight is 494 g/mol. The molecule has 5 nitrogen and oxygen atoms in total. The molecule has 0 bridgehead atoms. The van der Waals surface area contributed by atoms with E-state index in [1.54, 1.807) is 19.2 Å². The third-order valence-corrected chi connectivity index (χ3v) is 7.70. The number of aryl methyl sites for hydroxylation is 1. The van der Waals surface area contributed by atoms with Crippen LogP contribution in [0.3, 0.4) is 0 Å². The molecule has 0 spiro atoms. The summed E-state index contributed by atoms with van der Waals surface area (Å²) in [5.41, 5.74) is 5.01. The SMILES string of the molecule is CCc1c(-c2ccc(F)cc2)oc2cc(N(Cc3ccc(OC)cc3)S(C)(=O)=O)c(C3CC3)cc12. The maximum atomic E-state index is 13.5. The van der Waals surface area contributed by atoms with Gasteiger partial charge in [-0.2, -0.15) is 0 Å². The maximum absolute atomic E-state index is 13.5. The predicted molar refractivity (Wildman–Crippen MR) is 137 cm³/mol. The molecule has 0 atom stereocenters. The summed E-state index contributed by atoms with van der Waals surface area (Å²) >= 11 is 0. The highest BCUT2D eigenvalue weighted by molar-refractivity contribution is 7.92. The number of hydrogen-bond acceptors (Lipinski definition) is 4. The van der Waals surface area contributed by atoms with Crippen molar-refractivity contribution in [2.75, 3.05) is 17.7 Å². The Kier molecular flexibility index (Phi) is 6.05. The van der Waals surface area contributed by atoms with Gasteiger partial charge < -0.3 is 9.15 Å². The second-order valence-corrected chi connectivity index (χ2v) is 11.0. The van der Waals surface area contributed by atoms with Crippen LogP contribution in [-0.4, -0.2) is 21.8 Å². The van der Waals surface area contributed by atoms with E-state index in [4.69, 9.17) is 9.15 Å². The second-order valence-electron chi connectivity index (χ2n) is 9.07. The molecule has 5 rings (SSSR count). The standard InChI is InChI=1S/C28H28FNO4S/c1-4-23-25-15-24(19-7-8-19)26(16-27(25)34-28(23)20-9-11-21(29)12-10-20)30(35(3,31)32)17-18-5-13-22(33-2)14-6-18/h5-6,9-16,19H,4,7-8,17H2,1-3H3. The monoisotopic (exact) mass is 493 g/mol. The molecule has 182 valence electrons. The Morgan fingerprint density at radius 2 is 1.74 bits per heavy atom. The number of nitrogens with zero attached hydrogens (tertiary/aromatic N) is 1. The van der Waals surface area contributed by atoms with Crippen molar-refractivity contribution < 1.29 is 22.0 Å². The largest absolute Gasteiger partial charge is 0.497 e. The minimum Gasteiger partial charge on any atom is -0.497 e. The second kappa shape index (κ2) is 9.04. The van der Waals surface area contributed by atoms with Crippen molar-refractivity contribution in [3.63, 3.8) is 0 Å². The summed E-state index contributed by atoms with van der Waals surface area (Å²) in [5, 5.41) is 0.982. The molecule has 0 aliphatic heterocycles. The van der Waals surface area contributed by atoms with Crippen LogP contribution in [0.1, 0.15) is 42.4 Å². The van der Waals surface area contributed by atoms with Crippen molar-refractivity contribution in [1.82, 2.24) is 0 Å². The van der Waals surface area contributed by atoms with Gasteiger partial charge in [-0.25, -0.2) is 12.8 Å². The number of rotatable bonds is 8. The summed E-state index contributed by atoms with van der Waals surface area (Å²) in [5.74, 6) is 1.44. The molecular formula is C28H28FNO4S. The van der Waals surface area contributed by atoms with Crippen molar-refractivity contribution in [3.05, 3.63) is 83.2 Å². The number of halogens is 1. The number of benzene rings is 3. The van der Waals surface area contributed by atoms with Gasteiger partial charge in [-0.1, -0.05) is 19.1 Å². The van der Waals surface area contributed by atoms with Gasteiger partial charge in [0.25, 0.3) is 0 Å². The summed E-state index contributed by atoms with van der Waals surface area (Å²) in [6.07, 6.45) is 4.04. The highest BCUT2D eigenvalue weighted by Crippen LogP contribution is 2.48. The summed E-state index contributed by atoms with van der Waals surface area (Å²) in [7, 11) is -1.98. The Morgan fingerprint density at radius 1 is 1.06 bits per heavy atom. The zero-order valence-electron chi connectivity index (χ0n) is 20.0. The molecular weight excluding hydrogens is 465 g/mol. The Balaban J connectivity index is 1.65. The van der Waals surface area contributed by atoms with Crippen LogP contribution >= 0.6 is 0 Å². The molecule has 1 fully saturated rings. The molecule has 1 saturated carbocycles. The molecule has 7 heteroatoms. The van der Waals surface area contributed by atoms with Crippen molar-refractivity contribution in [2.24, 2.45) is 0 Å². The molecule has 0 radical (unpaired) electrons. The fourth-order valence-corrected chi connectivity index (χ4v) is 5.50. The molecule has 3 aromatic carbocycles. The third-order valence-electron chi connectivity index (χ3n) is 6.57. The zero-order valence-corrected chi connectivity index (χ0v) is 20.9. The van der Waals surface area contributed by atoms with E-state index in [-0.39, 0.29) is 12.4 Å². The lowest BCUT2D eigenvalue weighted by Crippen LogP contribution is -2.30. The number of methoxy groups -OCH3 is 1. The fourth-order valence-electron chi connectivity index (χ4n) is 4.60. The van der Waals surface area contributed by atoms with E-state index in [0.29, 0.717) is 22.9 Å². The first-order chi connectivity index (χ1) is 16.8. The quantitative estimate of drug-likeness (QED) is 0.276. The maximum Gasteiger partial charge on any atom is 0.232 e. The highest BCUT2D eigenvalue weighted by atomic mass is 32.2. The van der Waals surface area contributed by atoms with E-state index in [9.17, 15) is 12.8 Å². The lowest BCUT2D eigenvalue weighted by Gasteiger charge is -2.25. The van der Waals surface area contributed by atoms with Gasteiger partial charge in [-0.15, -0.1) is 0 Å². The molecule has 0 saturated heterocycles. The first kappa shape index (κ1) is 23.4. The molecule has 1 aromatic heterocycles. The Bertz CT molecular complexity index is 1470. The van der Waals surface area contributed by atoms with Gasteiger partial charge in [-0.05, 0) is 78.8 Å². The smallest absolute Gasteiger partial charge is 0.232 e. The molecule has 35 heavy (non-hydrogen) atoms. The summed E-state index contributed by atoms with van der Waals surface area (Å²) in [6.45, 7) is 2.27. The summed E-state index contributed by atoms with van der Waals surface area (Å²) in [6, 6.07) is 17.6. The predicted octanol–water partition coefficient (Wildman–Crippen LogP) is 6.65.